The van der Waals surface area contributed by atoms with Gasteiger partial charge in [0.05, 0.1) is 27.1 Å². The van der Waals surface area contributed by atoms with Gasteiger partial charge in [-0.2, -0.15) is 8.73 Å². The van der Waals surface area contributed by atoms with E-state index in [9.17, 15) is 0 Å². The number of fused-ring (bicyclic) bond motifs is 1. The standard InChI is InChI=1S/C12H11Cl2N5S/c1-19-5-4-15-9(19)2-3-16-10-7(13)6-8(14)11-12(10)18-20-17-11/h4-6,16H,2-3H2,1H3. The smallest absolute Gasteiger partial charge is 0.130 e. The summed E-state index contributed by atoms with van der Waals surface area (Å²) in [4.78, 5) is 4.28. The lowest BCUT2D eigenvalue weighted by Crippen LogP contribution is -2.09. The Hall–Kier alpha value is -1.37. The Morgan fingerprint density at radius 1 is 1.25 bits per heavy atom. The van der Waals surface area contributed by atoms with Crippen molar-refractivity contribution in [1.29, 1.82) is 0 Å². The first kappa shape index (κ1) is 13.6. The highest BCUT2D eigenvalue weighted by Crippen LogP contribution is 2.47. The molecule has 2 heterocycles. The number of imidazole rings is 1. The van der Waals surface area contributed by atoms with Crippen LogP contribution in [0, 0.1) is 0 Å². The van der Waals surface area contributed by atoms with Crippen LogP contribution in [0.1, 0.15) is 5.82 Å². The van der Waals surface area contributed by atoms with Crippen molar-refractivity contribution in [3.63, 3.8) is 0 Å². The molecule has 0 bridgehead atoms. The van der Waals surface area contributed by atoms with Gasteiger partial charge in [-0.3, -0.25) is 0 Å². The first-order valence-corrected chi connectivity index (χ1v) is 7.46. The fourth-order valence-electron chi connectivity index (χ4n) is 1.98. The average Bonchev–Trinajstić information content (AvgIpc) is 3.03. The van der Waals surface area contributed by atoms with Crippen LogP contribution >= 0.6 is 23.2 Å². The van der Waals surface area contributed by atoms with E-state index < -0.39 is 0 Å². The second-order valence-electron chi connectivity index (χ2n) is 4.31. The first-order valence-electron chi connectivity index (χ1n) is 5.97. The molecular weight excluding hydrogens is 317 g/mol. The van der Waals surface area contributed by atoms with Gasteiger partial charge in [0.25, 0.3) is 0 Å². The number of aryl methyl sites for hydroxylation is 1. The maximum absolute atomic E-state index is 6.23. The van der Waals surface area contributed by atoms with E-state index in [2.05, 4.69) is 19.0 Å². The quantitative estimate of drug-likeness (QED) is 0.784. The van der Waals surface area contributed by atoms with Crippen LogP contribution in [0.25, 0.3) is 0 Å². The Balaban J connectivity index is 1.77. The second kappa shape index (κ2) is 5.55. The number of hydrogen-bond acceptors (Lipinski definition) is 4. The molecule has 0 aliphatic carbocycles. The molecule has 104 valence electrons. The van der Waals surface area contributed by atoms with Crippen molar-refractivity contribution in [2.45, 2.75) is 6.42 Å². The molecular formula is C12H11Cl2N5S. The Bertz CT molecular complexity index is 734. The molecule has 3 rings (SSSR count). The van der Waals surface area contributed by atoms with Crippen LogP contribution in [0.4, 0.5) is 17.1 Å². The molecule has 0 unspecified atom stereocenters. The van der Waals surface area contributed by atoms with Crippen LogP contribution in [-0.4, -0.2) is 16.1 Å². The minimum atomic E-state index is 0.522. The normalized spacial score (nSPS) is 12.3. The van der Waals surface area contributed by atoms with Gasteiger partial charge in [-0.1, -0.05) is 23.2 Å². The van der Waals surface area contributed by atoms with E-state index in [-0.39, 0.29) is 0 Å². The highest BCUT2D eigenvalue weighted by Gasteiger charge is 2.18. The van der Waals surface area contributed by atoms with Gasteiger partial charge in [0.1, 0.15) is 17.2 Å². The van der Waals surface area contributed by atoms with Gasteiger partial charge in [-0.15, -0.1) is 0 Å². The molecule has 0 atom stereocenters. The fourth-order valence-corrected chi connectivity index (χ4v) is 3.16. The molecule has 0 saturated heterocycles. The first-order chi connectivity index (χ1) is 9.66. The largest absolute Gasteiger partial charge is 0.382 e. The molecule has 1 aliphatic heterocycles. The van der Waals surface area contributed by atoms with Crippen molar-refractivity contribution in [1.82, 2.24) is 9.55 Å². The molecule has 0 radical (unpaired) electrons. The Kier molecular flexibility index (Phi) is 3.78. The van der Waals surface area contributed by atoms with Crippen LogP contribution in [0.15, 0.2) is 27.2 Å². The molecule has 20 heavy (non-hydrogen) atoms. The summed E-state index contributed by atoms with van der Waals surface area (Å²) >= 11 is 13.4. The van der Waals surface area contributed by atoms with Crippen molar-refractivity contribution in [2.75, 3.05) is 11.9 Å². The number of benzene rings is 1. The zero-order chi connectivity index (χ0) is 14.1. The van der Waals surface area contributed by atoms with Crippen LogP contribution in [-0.2, 0) is 24.8 Å². The summed E-state index contributed by atoms with van der Waals surface area (Å²) in [6.07, 6.45) is 4.50. The van der Waals surface area contributed by atoms with Crippen LogP contribution in [0.2, 0.25) is 10.0 Å². The maximum Gasteiger partial charge on any atom is 0.130 e. The molecule has 2 aromatic rings. The molecule has 1 aliphatic rings. The predicted octanol–water partition coefficient (Wildman–Crippen LogP) is 4.11. The lowest BCUT2D eigenvalue weighted by atomic mass is 10.2. The van der Waals surface area contributed by atoms with Crippen molar-refractivity contribution in [3.05, 3.63) is 34.3 Å². The van der Waals surface area contributed by atoms with Gasteiger partial charge in [0.15, 0.2) is 0 Å². The summed E-state index contributed by atoms with van der Waals surface area (Å²) < 4.78 is 10.4. The van der Waals surface area contributed by atoms with Gasteiger partial charge in [0, 0.05) is 32.4 Å². The fraction of sp³-hybridized carbons (Fsp3) is 0.250. The predicted molar refractivity (Wildman–Crippen MR) is 83.4 cm³/mol. The van der Waals surface area contributed by atoms with Crippen molar-refractivity contribution in [3.8, 4) is 0 Å². The average molecular weight is 328 g/mol. The molecule has 0 spiro atoms. The minimum Gasteiger partial charge on any atom is -0.382 e. The number of aromatic nitrogens is 2. The molecule has 1 N–H and O–H groups in total. The van der Waals surface area contributed by atoms with E-state index in [4.69, 9.17) is 23.2 Å². The lowest BCUT2D eigenvalue weighted by molar-refractivity contribution is 0.790. The van der Waals surface area contributed by atoms with Crippen LogP contribution in [0.5, 0.6) is 0 Å². The summed E-state index contributed by atoms with van der Waals surface area (Å²) in [5.41, 5.74) is 2.17. The topological polar surface area (TPSA) is 54.6 Å². The molecule has 8 heteroatoms. The summed E-state index contributed by atoms with van der Waals surface area (Å²) in [6.45, 7) is 0.707. The third kappa shape index (κ3) is 2.46. The van der Waals surface area contributed by atoms with Crippen molar-refractivity contribution in [2.24, 2.45) is 15.8 Å². The third-order valence-corrected chi connectivity index (χ3v) is 4.13. The van der Waals surface area contributed by atoms with Gasteiger partial charge in [-0.05, 0) is 6.07 Å². The van der Waals surface area contributed by atoms with Crippen molar-refractivity contribution >= 4 is 51.6 Å². The van der Waals surface area contributed by atoms with Gasteiger partial charge in [0.2, 0.25) is 0 Å². The number of halogens is 2. The molecule has 0 amide bonds. The van der Waals surface area contributed by atoms with E-state index in [1.165, 1.54) is 0 Å². The molecule has 1 aromatic carbocycles. The highest BCUT2D eigenvalue weighted by atomic mass is 35.5. The molecule has 0 saturated carbocycles. The van der Waals surface area contributed by atoms with E-state index in [1.807, 2.05) is 17.8 Å². The second-order valence-corrected chi connectivity index (χ2v) is 5.65. The SMILES string of the molecule is Cn1ccnc1CCNc1c(Cl)cc(Cl)c2c1N=S=N2. The molecule has 0 fully saturated rings. The van der Waals surface area contributed by atoms with E-state index >= 15 is 0 Å². The van der Waals surface area contributed by atoms with Gasteiger partial charge >= 0.3 is 0 Å². The lowest BCUT2D eigenvalue weighted by Gasteiger charge is -2.11. The van der Waals surface area contributed by atoms with Gasteiger partial charge < -0.3 is 9.88 Å². The molecule has 1 aromatic heterocycles. The summed E-state index contributed by atoms with van der Waals surface area (Å²) in [7, 11) is 1.97. The third-order valence-electron chi connectivity index (χ3n) is 3.02. The van der Waals surface area contributed by atoms with Gasteiger partial charge in [-0.25, -0.2) is 4.98 Å². The minimum absolute atomic E-state index is 0.522. The Labute approximate surface area is 129 Å². The summed E-state index contributed by atoms with van der Waals surface area (Å²) in [5, 5.41) is 4.37. The number of hydrogen-bond donors (Lipinski definition) is 1. The monoisotopic (exact) mass is 327 g/mol. The molecule has 5 nitrogen and oxygen atoms in total. The number of rotatable bonds is 4. The Morgan fingerprint density at radius 2 is 2.05 bits per heavy atom. The number of nitrogens with one attached hydrogen (secondary N) is 1. The van der Waals surface area contributed by atoms with E-state index in [0.717, 1.165) is 29.3 Å². The van der Waals surface area contributed by atoms with E-state index in [1.54, 1.807) is 12.3 Å². The van der Waals surface area contributed by atoms with Crippen LogP contribution < -0.4 is 5.32 Å². The highest BCUT2D eigenvalue weighted by molar-refractivity contribution is 7.58. The zero-order valence-electron chi connectivity index (χ0n) is 10.6. The number of anilines is 1. The zero-order valence-corrected chi connectivity index (χ0v) is 12.9. The van der Waals surface area contributed by atoms with E-state index in [0.29, 0.717) is 28.0 Å². The summed E-state index contributed by atoms with van der Waals surface area (Å²) in [5.74, 6) is 1.01. The van der Waals surface area contributed by atoms with Crippen molar-refractivity contribution < 1.29 is 0 Å². The maximum atomic E-state index is 6.23. The Morgan fingerprint density at radius 3 is 2.80 bits per heavy atom. The number of nitrogens with zero attached hydrogens (tertiary/aromatic N) is 4. The summed E-state index contributed by atoms with van der Waals surface area (Å²) in [6, 6.07) is 1.69. The van der Waals surface area contributed by atoms with Crippen LogP contribution in [0.3, 0.4) is 0 Å².